The van der Waals surface area contributed by atoms with Gasteiger partial charge in [-0.05, 0) is 6.20 Å². The van der Waals surface area contributed by atoms with Crippen molar-refractivity contribution in [2.45, 2.75) is 0 Å². The van der Waals surface area contributed by atoms with Crippen LogP contribution in [0.4, 0.5) is 0 Å². The average Bonchev–Trinajstić information content (AvgIpc) is 2.88. The summed E-state index contributed by atoms with van der Waals surface area (Å²) in [6.45, 7) is 4.22. The second kappa shape index (κ2) is 8.16. The topological polar surface area (TPSA) is 37.5 Å². The number of pyridine rings is 1. The maximum Gasteiger partial charge on any atom is 0.114 e. The van der Waals surface area contributed by atoms with Crippen LogP contribution in [0, 0.1) is 6.07 Å². The zero-order chi connectivity index (χ0) is 13.7. The molecule has 0 atom stereocenters. The summed E-state index contributed by atoms with van der Waals surface area (Å²) < 4.78 is 2.00. The van der Waals surface area contributed by atoms with Crippen molar-refractivity contribution < 1.29 is 25.2 Å². The Morgan fingerprint density at radius 3 is 2.75 bits per heavy atom. The molecule has 0 saturated heterocycles. The first-order valence-electron chi connectivity index (χ1n) is 6.05. The Balaban J connectivity index is 0.000000250. The van der Waals surface area contributed by atoms with Gasteiger partial charge in [-0.2, -0.15) is 0 Å². The fourth-order valence-electron chi connectivity index (χ4n) is 1.72. The molecule has 0 fully saturated rings. The number of aliphatic hydroxyl groups excluding tert-OH is 1. The Labute approximate surface area is 133 Å². The molecule has 1 aromatic carbocycles. The van der Waals surface area contributed by atoms with Gasteiger partial charge in [0, 0.05) is 40.4 Å². The zero-order valence-corrected chi connectivity index (χ0v) is 14.8. The van der Waals surface area contributed by atoms with Gasteiger partial charge in [0.1, 0.15) is 6.26 Å². The van der Waals surface area contributed by atoms with Crippen LogP contribution in [-0.4, -0.2) is 27.8 Å². The summed E-state index contributed by atoms with van der Waals surface area (Å²) in [4.78, 5) is 4.28. The largest absolute Gasteiger partial charge is 0.512 e. The number of aliphatic hydroxyl groups is 1. The molecule has 0 spiro atoms. The normalized spacial score (nSPS) is 10.6. The molecule has 0 amide bonds. The molecule has 0 aliphatic carbocycles. The molecule has 0 aliphatic rings. The average molecular weight is 465 g/mol. The van der Waals surface area contributed by atoms with Crippen molar-refractivity contribution in [3.05, 3.63) is 61.0 Å². The summed E-state index contributed by atoms with van der Waals surface area (Å²) in [7, 11) is -0.316. The Bertz CT molecular complexity index is 694. The van der Waals surface area contributed by atoms with Crippen molar-refractivity contribution in [2.24, 2.45) is 0 Å². The van der Waals surface area contributed by atoms with E-state index in [1.807, 2.05) is 34.7 Å². The van der Waals surface area contributed by atoms with Gasteiger partial charge >= 0.3 is 0 Å². The third kappa shape index (κ3) is 4.14. The number of hydrogen-bond donors (Lipinski definition) is 1. The van der Waals surface area contributed by atoms with Gasteiger partial charge in [0.2, 0.25) is 0 Å². The third-order valence-corrected chi connectivity index (χ3v) is 3.42. The van der Waals surface area contributed by atoms with Crippen molar-refractivity contribution in [1.82, 2.24) is 9.38 Å². The van der Waals surface area contributed by atoms with Gasteiger partial charge in [-0.1, -0.05) is 6.07 Å². The van der Waals surface area contributed by atoms with Crippen molar-refractivity contribution in [3.8, 4) is 0 Å². The zero-order valence-electron chi connectivity index (χ0n) is 11.4. The van der Waals surface area contributed by atoms with E-state index in [1.54, 1.807) is 6.20 Å². The molecule has 0 saturated carbocycles. The molecule has 5 heteroatoms. The van der Waals surface area contributed by atoms with Crippen LogP contribution >= 0.6 is 7.92 Å². The molecule has 1 radical (unpaired) electrons. The second-order valence-corrected chi connectivity index (χ2v) is 6.86. The summed E-state index contributed by atoms with van der Waals surface area (Å²) in [5, 5.41) is 10.3. The predicted molar refractivity (Wildman–Crippen MR) is 83.5 cm³/mol. The number of rotatable bonds is 1. The number of imidazole rings is 1. The van der Waals surface area contributed by atoms with Gasteiger partial charge in [-0.3, -0.25) is 4.98 Å². The van der Waals surface area contributed by atoms with Crippen LogP contribution in [0.1, 0.15) is 0 Å². The predicted octanol–water partition coefficient (Wildman–Crippen LogP) is 3.77. The van der Waals surface area contributed by atoms with Gasteiger partial charge in [0.05, 0.1) is 24.8 Å². The van der Waals surface area contributed by atoms with E-state index in [4.69, 9.17) is 5.11 Å². The fourth-order valence-corrected chi connectivity index (χ4v) is 2.02. The first-order chi connectivity index (χ1) is 9.22. The van der Waals surface area contributed by atoms with Gasteiger partial charge in [0.15, 0.2) is 0 Å². The van der Waals surface area contributed by atoms with E-state index in [9.17, 15) is 0 Å². The summed E-state index contributed by atoms with van der Waals surface area (Å²) in [6.07, 6.45) is 6.87. The summed E-state index contributed by atoms with van der Waals surface area (Å²) >= 11 is 0. The molecule has 0 aliphatic heterocycles. The van der Waals surface area contributed by atoms with Crippen molar-refractivity contribution in [2.75, 3.05) is 13.3 Å². The van der Waals surface area contributed by atoms with E-state index in [0.717, 1.165) is 17.3 Å². The van der Waals surface area contributed by atoms with E-state index < -0.39 is 0 Å². The van der Waals surface area contributed by atoms with Crippen LogP contribution in [-0.2, 0) is 20.1 Å². The minimum absolute atomic E-state index is 0. The standard InChI is InChI=1S/C11H7N2.C4H9OP.Ir/c1-2-4-10-9(3-1)5-7-13-8-6-12-11(10)13;1-6(2)4-3-5;/h1-3,5-8H;3-5H,1-2H3;/q-1;;/p+1/b;4-3-;. The van der Waals surface area contributed by atoms with Crippen LogP contribution < -0.4 is 0 Å². The maximum absolute atomic E-state index is 8.08. The molecule has 107 valence electrons. The molecule has 2 aromatic heterocycles. The van der Waals surface area contributed by atoms with Crippen molar-refractivity contribution in [1.29, 1.82) is 0 Å². The Kier molecular flexibility index (Phi) is 6.87. The SMILES string of the molecule is C[PH+](C)/C=C\O.[Ir].[c-]1cccc2ccn3ccnc3c12. The van der Waals surface area contributed by atoms with E-state index in [0.29, 0.717) is 0 Å². The van der Waals surface area contributed by atoms with Crippen LogP contribution in [0.25, 0.3) is 16.4 Å². The number of fused-ring (bicyclic) bond motifs is 3. The molecule has 0 bridgehead atoms. The van der Waals surface area contributed by atoms with Gasteiger partial charge in [-0.15, -0.1) is 35.0 Å². The molecule has 2 heterocycles. The number of aromatic nitrogens is 2. The van der Waals surface area contributed by atoms with Crippen LogP contribution in [0.15, 0.2) is 54.9 Å². The summed E-state index contributed by atoms with van der Waals surface area (Å²) in [5.41, 5.74) is 0.970. The maximum atomic E-state index is 8.08. The molecule has 3 nitrogen and oxygen atoms in total. The monoisotopic (exact) mass is 465 g/mol. The number of benzene rings is 1. The van der Waals surface area contributed by atoms with Crippen LogP contribution in [0.5, 0.6) is 0 Å². The minimum atomic E-state index is -0.316. The fraction of sp³-hybridized carbons (Fsp3) is 0.133. The van der Waals surface area contributed by atoms with Gasteiger partial charge in [-0.25, -0.2) is 0 Å². The number of nitrogens with zero attached hydrogens (tertiary/aromatic N) is 2. The van der Waals surface area contributed by atoms with E-state index >= 15 is 0 Å². The Morgan fingerprint density at radius 2 is 2.10 bits per heavy atom. The molecular formula is C15H17IrN2OP. The summed E-state index contributed by atoms with van der Waals surface area (Å²) in [6, 6.07) is 11.2. The smallest absolute Gasteiger partial charge is 0.114 e. The van der Waals surface area contributed by atoms with E-state index in [2.05, 4.69) is 36.5 Å². The van der Waals surface area contributed by atoms with Crippen molar-refractivity contribution in [3.63, 3.8) is 0 Å². The molecule has 0 unspecified atom stereocenters. The Hall–Kier alpha value is -1.21. The molecular weight excluding hydrogens is 447 g/mol. The first-order valence-corrected chi connectivity index (χ1v) is 8.63. The third-order valence-electron chi connectivity index (χ3n) is 2.60. The van der Waals surface area contributed by atoms with Crippen LogP contribution in [0.2, 0.25) is 0 Å². The Morgan fingerprint density at radius 1 is 1.30 bits per heavy atom. The van der Waals surface area contributed by atoms with E-state index in [-0.39, 0.29) is 28.0 Å². The molecule has 1 N–H and O–H groups in total. The molecule has 20 heavy (non-hydrogen) atoms. The van der Waals surface area contributed by atoms with Crippen molar-refractivity contribution >= 4 is 24.3 Å². The second-order valence-electron chi connectivity index (χ2n) is 4.37. The molecule has 3 rings (SSSR count). The van der Waals surface area contributed by atoms with Gasteiger partial charge < -0.3 is 9.51 Å². The quantitative estimate of drug-likeness (QED) is 0.338. The summed E-state index contributed by atoms with van der Waals surface area (Å²) in [5.74, 6) is 1.82. The van der Waals surface area contributed by atoms with Gasteiger partial charge in [0.25, 0.3) is 0 Å². The van der Waals surface area contributed by atoms with Crippen LogP contribution in [0.3, 0.4) is 0 Å². The minimum Gasteiger partial charge on any atom is -0.512 e. The van der Waals surface area contributed by atoms with E-state index in [1.165, 1.54) is 5.39 Å². The molecule has 3 aromatic rings. The number of hydrogen-bond acceptors (Lipinski definition) is 2. The first kappa shape index (κ1) is 16.8.